The summed E-state index contributed by atoms with van der Waals surface area (Å²) < 4.78 is 5.93. The Kier molecular flexibility index (Phi) is 2.09. The summed E-state index contributed by atoms with van der Waals surface area (Å²) in [6.45, 7) is 2.04. The van der Waals surface area contributed by atoms with Gasteiger partial charge in [-0.2, -0.15) is 0 Å². The molecule has 76 valence electrons. The molecule has 0 saturated heterocycles. The second kappa shape index (κ2) is 3.43. The van der Waals surface area contributed by atoms with Crippen LogP contribution in [0, 0.1) is 0 Å². The lowest BCUT2D eigenvalue weighted by atomic mass is 10.0. The van der Waals surface area contributed by atoms with Crippen LogP contribution in [0.15, 0.2) is 10.5 Å². The van der Waals surface area contributed by atoms with Crippen molar-refractivity contribution >= 4 is 0 Å². The third kappa shape index (κ3) is 1.38. The van der Waals surface area contributed by atoms with Crippen LogP contribution in [-0.2, 0) is 13.0 Å². The van der Waals surface area contributed by atoms with E-state index < -0.39 is 0 Å². The van der Waals surface area contributed by atoms with Crippen molar-refractivity contribution in [2.75, 3.05) is 6.54 Å². The smallest absolute Gasteiger partial charge is 0.121 e. The van der Waals surface area contributed by atoms with Gasteiger partial charge in [-0.3, -0.25) is 0 Å². The first-order chi connectivity index (χ1) is 6.93. The quantitative estimate of drug-likeness (QED) is 0.738. The van der Waals surface area contributed by atoms with Gasteiger partial charge >= 0.3 is 0 Å². The van der Waals surface area contributed by atoms with Crippen LogP contribution in [0.5, 0.6) is 0 Å². The van der Waals surface area contributed by atoms with Crippen molar-refractivity contribution in [1.82, 2.24) is 5.32 Å². The van der Waals surface area contributed by atoms with E-state index in [2.05, 4.69) is 11.4 Å². The fourth-order valence-electron chi connectivity index (χ4n) is 2.69. The number of rotatable bonds is 1. The van der Waals surface area contributed by atoms with Crippen molar-refractivity contribution < 1.29 is 4.42 Å². The molecule has 0 radical (unpaired) electrons. The molecule has 1 aromatic rings. The summed E-state index contributed by atoms with van der Waals surface area (Å²) >= 11 is 0. The zero-order valence-corrected chi connectivity index (χ0v) is 8.51. The lowest BCUT2D eigenvalue weighted by Crippen LogP contribution is -2.22. The van der Waals surface area contributed by atoms with Crippen molar-refractivity contribution in [3.63, 3.8) is 0 Å². The van der Waals surface area contributed by atoms with Gasteiger partial charge in [0.1, 0.15) is 11.5 Å². The van der Waals surface area contributed by atoms with Crippen molar-refractivity contribution in [2.24, 2.45) is 0 Å². The highest BCUT2D eigenvalue weighted by atomic mass is 16.3. The van der Waals surface area contributed by atoms with Crippen LogP contribution in [0.25, 0.3) is 0 Å². The van der Waals surface area contributed by atoms with E-state index in [1.54, 1.807) is 0 Å². The maximum atomic E-state index is 5.93. The molecule has 0 bridgehead atoms. The Bertz CT molecular complexity index is 300. The molecule has 0 aromatic carbocycles. The van der Waals surface area contributed by atoms with Crippen LogP contribution < -0.4 is 5.32 Å². The number of furan rings is 1. The number of hydrogen-bond donors (Lipinski definition) is 1. The van der Waals surface area contributed by atoms with E-state index in [4.69, 9.17) is 4.42 Å². The molecule has 1 aromatic heterocycles. The Morgan fingerprint density at radius 3 is 2.93 bits per heavy atom. The number of hydrogen-bond acceptors (Lipinski definition) is 2. The van der Waals surface area contributed by atoms with Gasteiger partial charge in [-0.25, -0.2) is 0 Å². The second-order valence-electron chi connectivity index (χ2n) is 4.51. The van der Waals surface area contributed by atoms with Crippen molar-refractivity contribution in [3.05, 3.63) is 23.2 Å². The van der Waals surface area contributed by atoms with Gasteiger partial charge < -0.3 is 9.73 Å². The lowest BCUT2D eigenvalue weighted by Gasteiger charge is -2.09. The fraction of sp³-hybridized carbons (Fsp3) is 0.667. The first-order valence-corrected chi connectivity index (χ1v) is 5.75. The summed E-state index contributed by atoms with van der Waals surface area (Å²) in [7, 11) is 0. The lowest BCUT2D eigenvalue weighted by molar-refractivity contribution is 0.409. The van der Waals surface area contributed by atoms with Crippen LogP contribution in [0.3, 0.4) is 0 Å². The van der Waals surface area contributed by atoms with E-state index in [0.717, 1.165) is 25.4 Å². The zero-order valence-electron chi connectivity index (χ0n) is 8.51. The molecule has 0 atom stereocenters. The molecule has 0 amide bonds. The third-order valence-electron chi connectivity index (χ3n) is 3.53. The first-order valence-electron chi connectivity index (χ1n) is 5.75. The summed E-state index contributed by atoms with van der Waals surface area (Å²) in [5.41, 5.74) is 1.45. The molecule has 1 saturated carbocycles. The van der Waals surface area contributed by atoms with Gasteiger partial charge in [0.05, 0.1) is 6.54 Å². The summed E-state index contributed by atoms with van der Waals surface area (Å²) in [6.07, 6.45) is 6.58. The largest absolute Gasteiger partial charge is 0.464 e. The minimum Gasteiger partial charge on any atom is -0.464 e. The van der Waals surface area contributed by atoms with Crippen LogP contribution in [0.1, 0.15) is 48.7 Å². The molecule has 3 rings (SSSR count). The van der Waals surface area contributed by atoms with Gasteiger partial charge in [-0.1, -0.05) is 12.8 Å². The summed E-state index contributed by atoms with van der Waals surface area (Å²) in [5, 5.41) is 3.35. The van der Waals surface area contributed by atoms with E-state index in [1.165, 1.54) is 42.8 Å². The molecule has 0 spiro atoms. The molecule has 1 aliphatic heterocycles. The molecule has 1 fully saturated rings. The predicted octanol–water partition coefficient (Wildman–Crippen LogP) is 2.58. The molecular weight excluding hydrogens is 174 g/mol. The van der Waals surface area contributed by atoms with E-state index in [9.17, 15) is 0 Å². The van der Waals surface area contributed by atoms with E-state index in [1.807, 2.05) is 0 Å². The Morgan fingerprint density at radius 2 is 2.14 bits per heavy atom. The van der Waals surface area contributed by atoms with Crippen LogP contribution in [0.2, 0.25) is 0 Å². The highest BCUT2D eigenvalue weighted by Gasteiger charge is 2.23. The molecule has 0 unspecified atom stereocenters. The second-order valence-corrected chi connectivity index (χ2v) is 4.51. The molecule has 1 N–H and O–H groups in total. The Morgan fingerprint density at radius 1 is 1.29 bits per heavy atom. The summed E-state index contributed by atoms with van der Waals surface area (Å²) in [6, 6.07) is 2.31. The molecule has 2 heterocycles. The standard InChI is InChI=1S/C12H17NO/c1-2-4-9(3-1)11-7-10-5-6-13-8-12(10)14-11/h7,9,13H,1-6,8H2. The molecule has 2 heteroatoms. The van der Waals surface area contributed by atoms with E-state index >= 15 is 0 Å². The SMILES string of the molecule is c1c(C2CCCC2)oc2c1CCNC2. The predicted molar refractivity (Wildman–Crippen MR) is 55.3 cm³/mol. The van der Waals surface area contributed by atoms with Gasteiger partial charge in [-0.05, 0) is 37.4 Å². The molecule has 14 heavy (non-hydrogen) atoms. The van der Waals surface area contributed by atoms with Crippen molar-refractivity contribution in [1.29, 1.82) is 0 Å². The maximum absolute atomic E-state index is 5.93. The average Bonchev–Trinajstić information content (AvgIpc) is 2.86. The first kappa shape index (κ1) is 8.54. The molecule has 2 nitrogen and oxygen atoms in total. The minimum atomic E-state index is 0.723. The molecule has 2 aliphatic rings. The Labute approximate surface area is 84.7 Å². The van der Waals surface area contributed by atoms with Crippen LogP contribution in [-0.4, -0.2) is 6.54 Å². The van der Waals surface area contributed by atoms with Gasteiger partial charge in [0, 0.05) is 5.92 Å². The third-order valence-corrected chi connectivity index (χ3v) is 3.53. The van der Waals surface area contributed by atoms with E-state index in [-0.39, 0.29) is 0 Å². The summed E-state index contributed by atoms with van der Waals surface area (Å²) in [4.78, 5) is 0. The monoisotopic (exact) mass is 191 g/mol. The fourth-order valence-corrected chi connectivity index (χ4v) is 2.69. The highest BCUT2D eigenvalue weighted by molar-refractivity contribution is 5.26. The number of nitrogens with one attached hydrogen (secondary N) is 1. The van der Waals surface area contributed by atoms with Gasteiger partial charge in [0.25, 0.3) is 0 Å². The topological polar surface area (TPSA) is 25.2 Å². The zero-order chi connectivity index (χ0) is 9.38. The Balaban J connectivity index is 1.87. The number of fused-ring (bicyclic) bond motifs is 1. The van der Waals surface area contributed by atoms with E-state index in [0.29, 0.717) is 0 Å². The molecular formula is C12H17NO. The Hall–Kier alpha value is -0.760. The van der Waals surface area contributed by atoms with Crippen LogP contribution >= 0.6 is 0 Å². The van der Waals surface area contributed by atoms with Gasteiger partial charge in [0.2, 0.25) is 0 Å². The summed E-state index contributed by atoms with van der Waals surface area (Å²) in [5.74, 6) is 3.18. The molecule has 1 aliphatic carbocycles. The highest BCUT2D eigenvalue weighted by Crippen LogP contribution is 2.36. The van der Waals surface area contributed by atoms with Gasteiger partial charge in [0.15, 0.2) is 0 Å². The van der Waals surface area contributed by atoms with Crippen molar-refractivity contribution in [2.45, 2.75) is 44.6 Å². The van der Waals surface area contributed by atoms with Crippen LogP contribution in [0.4, 0.5) is 0 Å². The minimum absolute atomic E-state index is 0.723. The van der Waals surface area contributed by atoms with Gasteiger partial charge in [-0.15, -0.1) is 0 Å². The van der Waals surface area contributed by atoms with Crippen molar-refractivity contribution in [3.8, 4) is 0 Å². The normalized spacial score (nSPS) is 22.6. The maximum Gasteiger partial charge on any atom is 0.121 e. The average molecular weight is 191 g/mol.